The highest BCUT2D eigenvalue weighted by Crippen LogP contribution is 2.36. The van der Waals surface area contributed by atoms with Crippen molar-refractivity contribution in [3.05, 3.63) is 29.3 Å². The Kier molecular flexibility index (Phi) is 2.70. The number of ether oxygens (including phenoxy) is 1. The molecule has 0 spiro atoms. The number of methoxy groups -OCH3 is 1. The molecule has 82 valence electrons. The van der Waals surface area contributed by atoms with Gasteiger partial charge in [-0.2, -0.15) is 0 Å². The van der Waals surface area contributed by atoms with Crippen LogP contribution in [-0.2, 0) is 6.42 Å². The molecule has 0 aliphatic heterocycles. The summed E-state index contributed by atoms with van der Waals surface area (Å²) in [6.45, 7) is 2.06. The zero-order chi connectivity index (χ0) is 10.9. The van der Waals surface area contributed by atoms with E-state index in [2.05, 4.69) is 25.1 Å². The lowest BCUT2D eigenvalue weighted by Gasteiger charge is -2.10. The van der Waals surface area contributed by atoms with Crippen molar-refractivity contribution >= 4 is 0 Å². The second-order valence-corrected chi connectivity index (χ2v) is 4.67. The summed E-state index contributed by atoms with van der Waals surface area (Å²) in [5.41, 5.74) is 8.73. The topological polar surface area (TPSA) is 35.2 Å². The number of aryl methyl sites for hydroxylation is 2. The van der Waals surface area contributed by atoms with Gasteiger partial charge in [-0.15, -0.1) is 0 Å². The van der Waals surface area contributed by atoms with Crippen molar-refractivity contribution in [2.75, 3.05) is 7.11 Å². The fraction of sp³-hybridized carbons (Fsp3) is 0.538. The highest BCUT2D eigenvalue weighted by atomic mass is 16.5. The Bertz CT molecular complexity index is 356. The van der Waals surface area contributed by atoms with Crippen molar-refractivity contribution in [1.82, 2.24) is 0 Å². The Morgan fingerprint density at radius 2 is 2.13 bits per heavy atom. The first-order chi connectivity index (χ1) is 7.13. The lowest BCUT2D eigenvalue weighted by molar-refractivity contribution is 0.411. The second-order valence-electron chi connectivity index (χ2n) is 4.67. The third kappa shape index (κ3) is 2.51. The van der Waals surface area contributed by atoms with Gasteiger partial charge in [0.05, 0.1) is 7.11 Å². The molecule has 1 aliphatic rings. The largest absolute Gasteiger partial charge is 0.496 e. The summed E-state index contributed by atoms with van der Waals surface area (Å²) in [5, 5.41) is 0. The van der Waals surface area contributed by atoms with Crippen molar-refractivity contribution in [2.24, 2.45) is 5.73 Å². The van der Waals surface area contributed by atoms with Crippen molar-refractivity contribution in [3.63, 3.8) is 0 Å². The van der Waals surface area contributed by atoms with Crippen LogP contribution < -0.4 is 10.5 Å². The van der Waals surface area contributed by atoms with Gasteiger partial charge in [0, 0.05) is 5.54 Å². The molecule has 0 unspecified atom stereocenters. The van der Waals surface area contributed by atoms with E-state index in [-0.39, 0.29) is 5.54 Å². The van der Waals surface area contributed by atoms with E-state index >= 15 is 0 Å². The highest BCUT2D eigenvalue weighted by Gasteiger charge is 2.37. The van der Waals surface area contributed by atoms with E-state index in [1.165, 1.54) is 24.0 Å². The fourth-order valence-corrected chi connectivity index (χ4v) is 1.82. The van der Waals surface area contributed by atoms with Crippen LogP contribution in [0.25, 0.3) is 0 Å². The van der Waals surface area contributed by atoms with Gasteiger partial charge >= 0.3 is 0 Å². The first-order valence-corrected chi connectivity index (χ1v) is 5.55. The van der Waals surface area contributed by atoms with Gasteiger partial charge < -0.3 is 10.5 Å². The normalized spacial score (nSPS) is 17.5. The summed E-state index contributed by atoms with van der Waals surface area (Å²) in [5.74, 6) is 0.981. The van der Waals surface area contributed by atoms with Gasteiger partial charge in [0.2, 0.25) is 0 Å². The molecule has 1 saturated carbocycles. The molecule has 0 atom stereocenters. The van der Waals surface area contributed by atoms with E-state index in [4.69, 9.17) is 10.5 Å². The SMILES string of the molecule is COc1cc(CCC2(N)CC2)ccc1C. The number of nitrogens with two attached hydrogens (primary N) is 1. The molecule has 0 bridgehead atoms. The predicted octanol–water partition coefficient (Wildman–Crippen LogP) is 2.43. The van der Waals surface area contributed by atoms with Crippen LogP contribution in [0.2, 0.25) is 0 Å². The van der Waals surface area contributed by atoms with Gasteiger partial charge in [0.1, 0.15) is 5.75 Å². The zero-order valence-corrected chi connectivity index (χ0v) is 9.55. The Morgan fingerprint density at radius 3 is 2.73 bits per heavy atom. The number of benzene rings is 1. The number of hydrogen-bond donors (Lipinski definition) is 1. The molecule has 0 amide bonds. The van der Waals surface area contributed by atoms with Crippen LogP contribution in [-0.4, -0.2) is 12.6 Å². The van der Waals surface area contributed by atoms with Crippen molar-refractivity contribution in [2.45, 2.75) is 38.1 Å². The average Bonchev–Trinajstić information content (AvgIpc) is 2.96. The van der Waals surface area contributed by atoms with E-state index in [9.17, 15) is 0 Å². The Balaban J connectivity index is 2.01. The third-order valence-electron chi connectivity index (χ3n) is 3.28. The first-order valence-electron chi connectivity index (χ1n) is 5.55. The highest BCUT2D eigenvalue weighted by molar-refractivity contribution is 5.36. The van der Waals surface area contributed by atoms with Gasteiger partial charge in [-0.05, 0) is 49.8 Å². The van der Waals surface area contributed by atoms with E-state index in [0.29, 0.717) is 0 Å². The lowest BCUT2D eigenvalue weighted by atomic mass is 10.0. The maximum atomic E-state index is 6.06. The van der Waals surface area contributed by atoms with Gasteiger partial charge in [-0.3, -0.25) is 0 Å². The summed E-state index contributed by atoms with van der Waals surface area (Å²) >= 11 is 0. The second kappa shape index (κ2) is 3.86. The molecule has 1 aromatic carbocycles. The molecule has 1 fully saturated rings. The van der Waals surface area contributed by atoms with Crippen LogP contribution in [0.3, 0.4) is 0 Å². The predicted molar refractivity (Wildman–Crippen MR) is 62.2 cm³/mol. The van der Waals surface area contributed by atoms with Crippen LogP contribution in [0, 0.1) is 6.92 Å². The Hall–Kier alpha value is -1.02. The van der Waals surface area contributed by atoms with Gasteiger partial charge in [-0.1, -0.05) is 12.1 Å². The standard InChI is InChI=1S/C13H19NO/c1-10-3-4-11(9-12(10)15-2)5-6-13(14)7-8-13/h3-4,9H,5-8,14H2,1-2H3. The molecule has 2 heteroatoms. The molecule has 0 heterocycles. The molecular formula is C13H19NO. The molecule has 2 rings (SSSR count). The maximum Gasteiger partial charge on any atom is 0.122 e. The van der Waals surface area contributed by atoms with Gasteiger partial charge in [-0.25, -0.2) is 0 Å². The van der Waals surface area contributed by atoms with Crippen LogP contribution in [0.5, 0.6) is 5.75 Å². The molecular weight excluding hydrogens is 186 g/mol. The summed E-state index contributed by atoms with van der Waals surface area (Å²) in [4.78, 5) is 0. The molecule has 2 N–H and O–H groups in total. The molecule has 0 radical (unpaired) electrons. The minimum absolute atomic E-state index is 0.151. The van der Waals surface area contributed by atoms with Crippen LogP contribution >= 0.6 is 0 Å². The first kappa shape index (κ1) is 10.5. The lowest BCUT2D eigenvalue weighted by Crippen LogP contribution is -2.22. The molecule has 0 aromatic heterocycles. The molecule has 1 aliphatic carbocycles. The van der Waals surface area contributed by atoms with Crippen molar-refractivity contribution in [1.29, 1.82) is 0 Å². The van der Waals surface area contributed by atoms with E-state index < -0.39 is 0 Å². The summed E-state index contributed by atoms with van der Waals surface area (Å²) in [6, 6.07) is 6.41. The van der Waals surface area contributed by atoms with Gasteiger partial charge in [0.15, 0.2) is 0 Å². The quantitative estimate of drug-likeness (QED) is 0.819. The maximum absolute atomic E-state index is 6.06. The van der Waals surface area contributed by atoms with E-state index in [1.54, 1.807) is 7.11 Å². The molecule has 15 heavy (non-hydrogen) atoms. The van der Waals surface area contributed by atoms with Gasteiger partial charge in [0.25, 0.3) is 0 Å². The molecule has 2 nitrogen and oxygen atoms in total. The summed E-state index contributed by atoms with van der Waals surface area (Å²) in [6.07, 6.45) is 4.54. The molecule has 1 aromatic rings. The minimum Gasteiger partial charge on any atom is -0.496 e. The Labute approximate surface area is 91.4 Å². The van der Waals surface area contributed by atoms with E-state index in [0.717, 1.165) is 18.6 Å². The number of rotatable bonds is 4. The monoisotopic (exact) mass is 205 g/mol. The summed E-state index contributed by atoms with van der Waals surface area (Å²) in [7, 11) is 1.72. The van der Waals surface area contributed by atoms with Crippen LogP contribution in [0.15, 0.2) is 18.2 Å². The minimum atomic E-state index is 0.151. The fourth-order valence-electron chi connectivity index (χ4n) is 1.82. The summed E-state index contributed by atoms with van der Waals surface area (Å²) < 4.78 is 5.30. The zero-order valence-electron chi connectivity index (χ0n) is 9.55. The van der Waals surface area contributed by atoms with Crippen LogP contribution in [0.1, 0.15) is 30.4 Å². The van der Waals surface area contributed by atoms with Crippen molar-refractivity contribution < 1.29 is 4.74 Å². The van der Waals surface area contributed by atoms with Crippen molar-refractivity contribution in [3.8, 4) is 5.75 Å². The number of hydrogen-bond acceptors (Lipinski definition) is 2. The smallest absolute Gasteiger partial charge is 0.122 e. The average molecular weight is 205 g/mol. The van der Waals surface area contributed by atoms with E-state index in [1.807, 2.05) is 0 Å². The van der Waals surface area contributed by atoms with Crippen LogP contribution in [0.4, 0.5) is 0 Å². The third-order valence-corrected chi connectivity index (χ3v) is 3.28. The molecule has 0 saturated heterocycles. The Morgan fingerprint density at radius 1 is 1.40 bits per heavy atom.